The van der Waals surface area contributed by atoms with Crippen LogP contribution in [0.2, 0.25) is 0 Å². The number of hydrogen-bond acceptors (Lipinski definition) is 2. The van der Waals surface area contributed by atoms with Gasteiger partial charge < -0.3 is 0 Å². The number of rotatable bonds is 2. The van der Waals surface area contributed by atoms with Gasteiger partial charge in [-0.3, -0.25) is 4.79 Å². The first-order valence-electron chi connectivity index (χ1n) is 7.26. The lowest BCUT2D eigenvalue weighted by Crippen LogP contribution is -2.12. The fraction of sp³-hybridized carbons (Fsp3) is 0.158. The molecule has 5 heteroatoms. The van der Waals surface area contributed by atoms with E-state index in [9.17, 15) is 18.0 Å². The van der Waals surface area contributed by atoms with E-state index in [0.717, 1.165) is 16.2 Å². The molecule has 2 aromatic carbocycles. The molecule has 1 nitrogen and oxygen atoms in total. The molecule has 1 heterocycles. The summed E-state index contributed by atoms with van der Waals surface area (Å²) in [6.07, 6.45) is -4.52. The molecule has 3 rings (SSSR count). The Bertz CT molecular complexity index is 951. The van der Waals surface area contributed by atoms with E-state index in [0.29, 0.717) is 16.7 Å². The number of thiophene rings is 1. The van der Waals surface area contributed by atoms with Gasteiger partial charge in [-0.2, -0.15) is 13.2 Å². The first-order valence-corrected chi connectivity index (χ1v) is 8.14. The van der Waals surface area contributed by atoms with Gasteiger partial charge in [-0.15, -0.1) is 11.3 Å². The maximum atomic E-state index is 13.4. The Kier molecular flexibility index (Phi) is 4.00. The maximum absolute atomic E-state index is 13.4. The van der Waals surface area contributed by atoms with Gasteiger partial charge in [-0.1, -0.05) is 18.2 Å². The average Bonchev–Trinajstić information content (AvgIpc) is 2.92. The number of benzene rings is 2. The number of Topliss-reactive ketones (excluding diaryl/α,β-unsaturated/α-hetero) is 1. The summed E-state index contributed by atoms with van der Waals surface area (Å²) in [5, 5.41) is 2.64. The third kappa shape index (κ3) is 2.63. The molecule has 0 aliphatic carbocycles. The lowest BCUT2D eigenvalue weighted by atomic mass is 9.87. The summed E-state index contributed by atoms with van der Waals surface area (Å²) in [7, 11) is 0. The molecule has 0 N–H and O–H groups in total. The number of halogens is 3. The van der Waals surface area contributed by atoms with Gasteiger partial charge in [-0.25, -0.2) is 0 Å². The Balaban J connectivity index is 2.42. The third-order valence-electron chi connectivity index (χ3n) is 4.14. The van der Waals surface area contributed by atoms with Crippen LogP contribution in [0.5, 0.6) is 0 Å². The fourth-order valence-electron chi connectivity index (χ4n) is 2.96. The molecule has 0 atom stereocenters. The molecule has 0 spiro atoms. The predicted octanol–water partition coefficient (Wildman–Crippen LogP) is 6.28. The highest BCUT2D eigenvalue weighted by atomic mass is 32.1. The van der Waals surface area contributed by atoms with Crippen LogP contribution in [0.25, 0.3) is 21.2 Å². The van der Waals surface area contributed by atoms with E-state index < -0.39 is 11.7 Å². The van der Waals surface area contributed by atoms with Crippen molar-refractivity contribution in [2.75, 3.05) is 0 Å². The predicted molar refractivity (Wildman–Crippen MR) is 91.5 cm³/mol. The van der Waals surface area contributed by atoms with Gasteiger partial charge >= 0.3 is 6.18 Å². The van der Waals surface area contributed by atoms with Crippen LogP contribution in [-0.4, -0.2) is 5.78 Å². The smallest absolute Gasteiger partial charge is 0.294 e. The molecule has 0 unspecified atom stereocenters. The molecule has 0 amide bonds. The Hall–Kier alpha value is -2.14. The van der Waals surface area contributed by atoms with Gasteiger partial charge in [0.05, 0.1) is 5.56 Å². The molecular weight excluding hydrogens is 333 g/mol. The van der Waals surface area contributed by atoms with Crippen LogP contribution in [0.3, 0.4) is 0 Å². The van der Waals surface area contributed by atoms with Crippen molar-refractivity contribution in [2.45, 2.75) is 20.0 Å². The van der Waals surface area contributed by atoms with Gasteiger partial charge in [0.1, 0.15) is 0 Å². The zero-order chi connectivity index (χ0) is 17.6. The van der Waals surface area contributed by atoms with Gasteiger partial charge in [0.25, 0.3) is 0 Å². The molecular formula is C19H14F3OS. The van der Waals surface area contributed by atoms with Crippen molar-refractivity contribution in [3.05, 3.63) is 64.9 Å². The normalized spacial score (nSPS) is 11.9. The standard InChI is InChI=1S/C19H14F3OS/c1-10-11(2)18(12(3)23)14(8-16(10)19(20,21)22)15-9-24-17-7-5-4-6-13(15)17/h4-9H,1H2,2-3H3. The molecule has 1 aromatic heterocycles. The lowest BCUT2D eigenvalue weighted by Gasteiger charge is -2.18. The van der Waals surface area contributed by atoms with Crippen LogP contribution in [0.1, 0.15) is 34.0 Å². The summed E-state index contributed by atoms with van der Waals surface area (Å²) in [5.41, 5.74) is 0.608. The van der Waals surface area contributed by atoms with Gasteiger partial charge in [-0.05, 0) is 55.0 Å². The van der Waals surface area contributed by atoms with Gasteiger partial charge in [0.2, 0.25) is 0 Å². The van der Waals surface area contributed by atoms with E-state index >= 15 is 0 Å². The molecule has 0 saturated carbocycles. The summed E-state index contributed by atoms with van der Waals surface area (Å²) in [6, 6.07) is 8.52. The van der Waals surface area contributed by atoms with Crippen LogP contribution in [-0.2, 0) is 6.18 Å². The van der Waals surface area contributed by atoms with Crippen molar-refractivity contribution >= 4 is 27.2 Å². The summed E-state index contributed by atoms with van der Waals surface area (Å²) in [6.45, 7) is 6.43. The third-order valence-corrected chi connectivity index (χ3v) is 5.10. The van der Waals surface area contributed by atoms with Gasteiger partial charge in [0, 0.05) is 21.2 Å². The number of carbonyl (C=O) groups is 1. The van der Waals surface area contributed by atoms with Crippen LogP contribution in [0, 0.1) is 13.8 Å². The van der Waals surface area contributed by atoms with E-state index in [2.05, 4.69) is 6.92 Å². The molecule has 0 fully saturated rings. The highest BCUT2D eigenvalue weighted by Gasteiger charge is 2.35. The monoisotopic (exact) mass is 347 g/mol. The summed E-state index contributed by atoms with van der Waals surface area (Å²) in [5.74, 6) is -0.267. The second kappa shape index (κ2) is 5.74. The topological polar surface area (TPSA) is 17.1 Å². The second-order valence-electron chi connectivity index (χ2n) is 5.65. The minimum Gasteiger partial charge on any atom is -0.294 e. The van der Waals surface area contributed by atoms with Crippen LogP contribution >= 0.6 is 11.3 Å². The number of fused-ring (bicyclic) bond motifs is 1. The number of ketones is 1. The molecule has 0 saturated heterocycles. The van der Waals surface area contributed by atoms with Gasteiger partial charge in [0.15, 0.2) is 5.78 Å². The molecule has 0 aliphatic rings. The van der Waals surface area contributed by atoms with E-state index in [1.807, 2.05) is 24.3 Å². The summed E-state index contributed by atoms with van der Waals surface area (Å²) < 4.78 is 41.1. The summed E-state index contributed by atoms with van der Waals surface area (Å²) in [4.78, 5) is 12.1. The molecule has 3 aromatic rings. The Morgan fingerprint density at radius 1 is 1.17 bits per heavy atom. The van der Waals surface area contributed by atoms with Crippen molar-refractivity contribution in [1.29, 1.82) is 0 Å². The van der Waals surface area contributed by atoms with E-state index in [4.69, 9.17) is 0 Å². The first kappa shape index (κ1) is 16.7. The quantitative estimate of drug-likeness (QED) is 0.499. The van der Waals surface area contributed by atoms with Crippen LogP contribution in [0.4, 0.5) is 13.2 Å². The fourth-order valence-corrected chi connectivity index (χ4v) is 3.92. The number of carbonyl (C=O) groups excluding carboxylic acids is 1. The van der Waals surface area contributed by atoms with Crippen LogP contribution < -0.4 is 0 Å². The molecule has 0 aliphatic heterocycles. The first-order chi connectivity index (χ1) is 11.2. The zero-order valence-corrected chi connectivity index (χ0v) is 13.9. The highest BCUT2D eigenvalue weighted by molar-refractivity contribution is 7.17. The van der Waals surface area contributed by atoms with E-state index in [-0.39, 0.29) is 16.9 Å². The largest absolute Gasteiger partial charge is 0.416 e. The van der Waals surface area contributed by atoms with Crippen molar-refractivity contribution in [1.82, 2.24) is 0 Å². The maximum Gasteiger partial charge on any atom is 0.416 e. The van der Waals surface area contributed by atoms with Crippen molar-refractivity contribution in [3.63, 3.8) is 0 Å². The van der Waals surface area contributed by atoms with Crippen molar-refractivity contribution in [3.8, 4) is 11.1 Å². The number of hydrogen-bond donors (Lipinski definition) is 0. The Morgan fingerprint density at radius 3 is 2.46 bits per heavy atom. The van der Waals surface area contributed by atoms with Crippen LogP contribution in [0.15, 0.2) is 35.7 Å². The molecule has 1 radical (unpaired) electrons. The average molecular weight is 347 g/mol. The minimum absolute atomic E-state index is 0.143. The van der Waals surface area contributed by atoms with E-state index in [1.54, 1.807) is 5.38 Å². The SMILES string of the molecule is [CH2]c1c(C(F)(F)F)cc(-c2csc3ccccc23)c(C(C)=O)c1C. The number of alkyl halides is 3. The Morgan fingerprint density at radius 2 is 1.83 bits per heavy atom. The second-order valence-corrected chi connectivity index (χ2v) is 6.56. The van der Waals surface area contributed by atoms with E-state index in [1.165, 1.54) is 25.2 Å². The summed E-state index contributed by atoms with van der Waals surface area (Å²) >= 11 is 1.44. The highest BCUT2D eigenvalue weighted by Crippen LogP contribution is 2.42. The molecule has 123 valence electrons. The molecule has 0 bridgehead atoms. The molecule has 24 heavy (non-hydrogen) atoms. The van der Waals surface area contributed by atoms with Crippen molar-refractivity contribution in [2.24, 2.45) is 0 Å². The Labute approximate surface area is 141 Å². The minimum atomic E-state index is -4.52. The van der Waals surface area contributed by atoms with Crippen molar-refractivity contribution < 1.29 is 18.0 Å². The zero-order valence-electron chi connectivity index (χ0n) is 13.1. The lowest BCUT2D eigenvalue weighted by molar-refractivity contribution is -0.137.